The van der Waals surface area contributed by atoms with Gasteiger partial charge in [0.15, 0.2) is 0 Å². The SMILES string of the molecule is CCOCc1ccccc1NC(=O)CNCCOC. The topological polar surface area (TPSA) is 59.6 Å². The van der Waals surface area contributed by atoms with Crippen LogP contribution in [0.3, 0.4) is 0 Å². The molecule has 0 heterocycles. The average molecular weight is 266 g/mol. The highest BCUT2D eigenvalue weighted by atomic mass is 16.5. The number of amides is 1. The highest BCUT2D eigenvalue weighted by molar-refractivity contribution is 5.92. The van der Waals surface area contributed by atoms with Crippen LogP contribution in [0.15, 0.2) is 24.3 Å². The minimum absolute atomic E-state index is 0.0694. The lowest BCUT2D eigenvalue weighted by Gasteiger charge is -2.11. The monoisotopic (exact) mass is 266 g/mol. The first kappa shape index (κ1) is 15.6. The minimum atomic E-state index is -0.0694. The first-order valence-corrected chi connectivity index (χ1v) is 6.43. The average Bonchev–Trinajstić information content (AvgIpc) is 2.43. The number of methoxy groups -OCH3 is 1. The Morgan fingerprint density at radius 1 is 1.32 bits per heavy atom. The molecule has 1 rings (SSSR count). The van der Waals surface area contributed by atoms with Gasteiger partial charge in [-0.25, -0.2) is 0 Å². The molecule has 0 saturated heterocycles. The van der Waals surface area contributed by atoms with E-state index in [4.69, 9.17) is 9.47 Å². The van der Waals surface area contributed by atoms with Crippen molar-refractivity contribution < 1.29 is 14.3 Å². The van der Waals surface area contributed by atoms with Crippen molar-refractivity contribution in [3.63, 3.8) is 0 Å². The lowest BCUT2D eigenvalue weighted by molar-refractivity contribution is -0.115. The zero-order chi connectivity index (χ0) is 13.9. The Hall–Kier alpha value is -1.43. The van der Waals surface area contributed by atoms with Gasteiger partial charge in [0.05, 0.1) is 19.8 Å². The summed E-state index contributed by atoms with van der Waals surface area (Å²) in [4.78, 5) is 11.7. The quantitative estimate of drug-likeness (QED) is 0.663. The molecule has 1 aromatic carbocycles. The molecule has 0 bridgehead atoms. The maximum Gasteiger partial charge on any atom is 0.238 e. The van der Waals surface area contributed by atoms with Crippen molar-refractivity contribution in [2.24, 2.45) is 0 Å². The normalized spacial score (nSPS) is 10.4. The molecule has 1 aromatic rings. The third-order valence-electron chi connectivity index (χ3n) is 2.52. The van der Waals surface area contributed by atoms with Crippen molar-refractivity contribution in [3.8, 4) is 0 Å². The number of carbonyl (C=O) groups excluding carboxylic acids is 1. The van der Waals surface area contributed by atoms with E-state index in [1.54, 1.807) is 7.11 Å². The number of carbonyl (C=O) groups is 1. The number of hydrogen-bond donors (Lipinski definition) is 2. The molecule has 106 valence electrons. The number of ether oxygens (including phenoxy) is 2. The summed E-state index contributed by atoms with van der Waals surface area (Å²) in [5.41, 5.74) is 1.78. The van der Waals surface area contributed by atoms with Crippen LogP contribution in [0, 0.1) is 0 Å². The van der Waals surface area contributed by atoms with E-state index >= 15 is 0 Å². The highest BCUT2D eigenvalue weighted by Crippen LogP contribution is 2.15. The summed E-state index contributed by atoms with van der Waals surface area (Å²) in [6.45, 7) is 4.62. The van der Waals surface area contributed by atoms with Crippen LogP contribution in [-0.2, 0) is 20.9 Å². The zero-order valence-electron chi connectivity index (χ0n) is 11.6. The Labute approximate surface area is 114 Å². The number of para-hydroxylation sites is 1. The molecule has 0 spiro atoms. The molecule has 5 nitrogen and oxygen atoms in total. The second kappa shape index (κ2) is 9.49. The lowest BCUT2D eigenvalue weighted by atomic mass is 10.2. The summed E-state index contributed by atoms with van der Waals surface area (Å²) in [6, 6.07) is 7.65. The number of nitrogens with one attached hydrogen (secondary N) is 2. The van der Waals surface area contributed by atoms with Crippen molar-refractivity contribution >= 4 is 11.6 Å². The second-order valence-electron chi connectivity index (χ2n) is 4.01. The fraction of sp³-hybridized carbons (Fsp3) is 0.500. The molecule has 0 radical (unpaired) electrons. The van der Waals surface area contributed by atoms with Crippen LogP contribution >= 0.6 is 0 Å². The van der Waals surface area contributed by atoms with Crippen molar-refractivity contribution in [1.82, 2.24) is 5.32 Å². The molecule has 0 aliphatic rings. The van der Waals surface area contributed by atoms with Gasteiger partial charge in [0, 0.05) is 31.5 Å². The Balaban J connectivity index is 2.44. The molecule has 0 fully saturated rings. The van der Waals surface area contributed by atoms with Gasteiger partial charge in [0.25, 0.3) is 0 Å². The molecule has 5 heteroatoms. The maximum absolute atomic E-state index is 11.7. The number of hydrogen-bond acceptors (Lipinski definition) is 4. The Bertz CT molecular complexity index is 383. The van der Waals surface area contributed by atoms with E-state index < -0.39 is 0 Å². The third-order valence-corrected chi connectivity index (χ3v) is 2.52. The minimum Gasteiger partial charge on any atom is -0.383 e. The number of rotatable bonds is 9. The van der Waals surface area contributed by atoms with Gasteiger partial charge < -0.3 is 20.1 Å². The molecule has 2 N–H and O–H groups in total. The summed E-state index contributed by atoms with van der Waals surface area (Å²) >= 11 is 0. The van der Waals surface area contributed by atoms with E-state index in [0.717, 1.165) is 11.3 Å². The molecular weight excluding hydrogens is 244 g/mol. The van der Waals surface area contributed by atoms with Crippen molar-refractivity contribution in [2.45, 2.75) is 13.5 Å². The van der Waals surface area contributed by atoms with Crippen LogP contribution in [0.2, 0.25) is 0 Å². The summed E-state index contributed by atoms with van der Waals surface area (Å²) < 4.78 is 10.3. The van der Waals surface area contributed by atoms with Crippen LogP contribution in [0.1, 0.15) is 12.5 Å². The zero-order valence-corrected chi connectivity index (χ0v) is 11.6. The van der Waals surface area contributed by atoms with E-state index in [9.17, 15) is 4.79 Å². The van der Waals surface area contributed by atoms with Gasteiger partial charge >= 0.3 is 0 Å². The fourth-order valence-corrected chi connectivity index (χ4v) is 1.55. The molecule has 19 heavy (non-hydrogen) atoms. The van der Waals surface area contributed by atoms with Gasteiger partial charge in [-0.3, -0.25) is 4.79 Å². The van der Waals surface area contributed by atoms with Gasteiger partial charge in [-0.05, 0) is 13.0 Å². The van der Waals surface area contributed by atoms with Gasteiger partial charge in [-0.1, -0.05) is 18.2 Å². The predicted molar refractivity (Wildman–Crippen MR) is 75.1 cm³/mol. The molecule has 0 aromatic heterocycles. The van der Waals surface area contributed by atoms with Crippen LogP contribution in [0.25, 0.3) is 0 Å². The van der Waals surface area contributed by atoms with Crippen molar-refractivity contribution in [2.75, 3.05) is 38.7 Å². The number of anilines is 1. The first-order chi connectivity index (χ1) is 9.27. The van der Waals surface area contributed by atoms with E-state index in [-0.39, 0.29) is 12.5 Å². The molecule has 0 aliphatic carbocycles. The summed E-state index contributed by atoms with van der Waals surface area (Å²) in [5.74, 6) is -0.0694. The van der Waals surface area contributed by atoms with Crippen LogP contribution in [-0.4, -0.2) is 39.3 Å². The van der Waals surface area contributed by atoms with Crippen LogP contribution in [0.4, 0.5) is 5.69 Å². The summed E-state index contributed by atoms with van der Waals surface area (Å²) in [5, 5.41) is 5.87. The third kappa shape index (κ3) is 6.33. The molecule has 1 amide bonds. The van der Waals surface area contributed by atoms with Crippen LogP contribution in [0.5, 0.6) is 0 Å². The van der Waals surface area contributed by atoms with Gasteiger partial charge in [0.2, 0.25) is 5.91 Å². The molecule has 0 aliphatic heterocycles. The van der Waals surface area contributed by atoms with E-state index in [1.807, 2.05) is 31.2 Å². The summed E-state index contributed by atoms with van der Waals surface area (Å²) in [7, 11) is 1.63. The largest absolute Gasteiger partial charge is 0.383 e. The van der Waals surface area contributed by atoms with Gasteiger partial charge in [-0.15, -0.1) is 0 Å². The maximum atomic E-state index is 11.7. The van der Waals surface area contributed by atoms with Crippen molar-refractivity contribution in [3.05, 3.63) is 29.8 Å². The highest BCUT2D eigenvalue weighted by Gasteiger charge is 2.06. The van der Waals surface area contributed by atoms with E-state index in [2.05, 4.69) is 10.6 Å². The standard InChI is InChI=1S/C14H22N2O3/c1-3-19-11-12-6-4-5-7-13(12)16-14(17)10-15-8-9-18-2/h4-7,15H,3,8-11H2,1-2H3,(H,16,17). The predicted octanol–water partition coefficient (Wildman–Crippen LogP) is 1.40. The lowest BCUT2D eigenvalue weighted by Crippen LogP contribution is -2.30. The Morgan fingerprint density at radius 2 is 2.11 bits per heavy atom. The number of benzene rings is 1. The smallest absolute Gasteiger partial charge is 0.238 e. The van der Waals surface area contributed by atoms with Crippen molar-refractivity contribution in [1.29, 1.82) is 0 Å². The molecule has 0 atom stereocenters. The second-order valence-corrected chi connectivity index (χ2v) is 4.01. The van der Waals surface area contributed by atoms with Crippen LogP contribution < -0.4 is 10.6 Å². The fourth-order valence-electron chi connectivity index (χ4n) is 1.55. The molecular formula is C14H22N2O3. The molecule has 0 unspecified atom stereocenters. The summed E-state index contributed by atoms with van der Waals surface area (Å²) in [6.07, 6.45) is 0. The van der Waals surface area contributed by atoms with Gasteiger partial charge in [0.1, 0.15) is 0 Å². The Kier molecular flexibility index (Phi) is 7.81. The van der Waals surface area contributed by atoms with Gasteiger partial charge in [-0.2, -0.15) is 0 Å². The molecule has 0 saturated carbocycles. The first-order valence-electron chi connectivity index (χ1n) is 6.43. The Morgan fingerprint density at radius 3 is 2.84 bits per heavy atom. The van der Waals surface area contributed by atoms with E-state index in [0.29, 0.717) is 26.4 Å². The van der Waals surface area contributed by atoms with E-state index in [1.165, 1.54) is 0 Å².